The normalized spacial score (nSPS) is 11.5. The van der Waals surface area contributed by atoms with E-state index in [-0.39, 0.29) is 29.4 Å². The van der Waals surface area contributed by atoms with E-state index in [1.165, 1.54) is 11.3 Å². The van der Waals surface area contributed by atoms with Crippen molar-refractivity contribution in [2.24, 2.45) is 0 Å². The van der Waals surface area contributed by atoms with Gasteiger partial charge in [0, 0.05) is 24.9 Å². The van der Waals surface area contributed by atoms with Gasteiger partial charge in [0.2, 0.25) is 5.91 Å². The molecule has 2 aromatic heterocycles. The van der Waals surface area contributed by atoms with Crippen molar-refractivity contribution < 1.29 is 17.9 Å². The second kappa shape index (κ2) is 10.3. The number of hydrogen-bond donors (Lipinski definition) is 0. The molecule has 2 heterocycles. The highest BCUT2D eigenvalue weighted by Crippen LogP contribution is 2.32. The summed E-state index contributed by atoms with van der Waals surface area (Å²) in [4.78, 5) is 23.9. The number of methoxy groups -OCH3 is 1. The van der Waals surface area contributed by atoms with E-state index in [1.807, 2.05) is 37.3 Å². The van der Waals surface area contributed by atoms with Crippen LogP contribution in [0.5, 0.6) is 5.75 Å². The fourth-order valence-electron chi connectivity index (χ4n) is 3.49. The van der Waals surface area contributed by atoms with E-state index in [4.69, 9.17) is 4.74 Å². The fraction of sp³-hybridized carbons (Fsp3) is 0.240. The first-order valence-electron chi connectivity index (χ1n) is 10.8. The van der Waals surface area contributed by atoms with Gasteiger partial charge in [-0.2, -0.15) is 0 Å². The Labute approximate surface area is 203 Å². The maximum atomic E-state index is 13.3. The molecule has 0 radical (unpaired) electrons. The van der Waals surface area contributed by atoms with Crippen molar-refractivity contribution in [3.05, 3.63) is 78.1 Å². The van der Waals surface area contributed by atoms with Crippen molar-refractivity contribution in [1.82, 2.24) is 9.97 Å². The quantitative estimate of drug-likeness (QED) is 0.332. The molecule has 0 aliphatic carbocycles. The number of carbonyl (C=O) groups excluding carboxylic acids is 1. The maximum absolute atomic E-state index is 13.3. The van der Waals surface area contributed by atoms with Crippen LogP contribution in [0.15, 0.2) is 71.9 Å². The molecule has 4 rings (SSSR count). The van der Waals surface area contributed by atoms with Crippen LogP contribution in [-0.2, 0) is 21.2 Å². The van der Waals surface area contributed by atoms with Crippen LogP contribution >= 0.6 is 11.3 Å². The van der Waals surface area contributed by atoms with Gasteiger partial charge in [0.15, 0.2) is 15.0 Å². The van der Waals surface area contributed by atoms with Crippen LogP contribution in [0.2, 0.25) is 0 Å². The van der Waals surface area contributed by atoms with Crippen LogP contribution < -0.4 is 9.64 Å². The summed E-state index contributed by atoms with van der Waals surface area (Å²) in [7, 11) is -1.86. The van der Waals surface area contributed by atoms with Crippen molar-refractivity contribution >= 4 is 42.4 Å². The van der Waals surface area contributed by atoms with Crippen LogP contribution in [0.25, 0.3) is 10.2 Å². The molecule has 7 nitrogen and oxygen atoms in total. The number of aromatic nitrogens is 2. The number of pyridine rings is 1. The number of rotatable bonds is 9. The highest BCUT2D eigenvalue weighted by molar-refractivity contribution is 7.91. The summed E-state index contributed by atoms with van der Waals surface area (Å²) in [6.45, 7) is 2.21. The summed E-state index contributed by atoms with van der Waals surface area (Å²) in [5.74, 6) is 0.407. The summed E-state index contributed by atoms with van der Waals surface area (Å²) in [6.07, 6.45) is 3.69. The minimum atomic E-state index is -3.46. The number of aryl methyl sites for hydroxylation is 1. The molecule has 0 aliphatic heterocycles. The summed E-state index contributed by atoms with van der Waals surface area (Å²) in [5, 5.41) is 0.554. The average Bonchev–Trinajstić information content (AvgIpc) is 3.26. The van der Waals surface area contributed by atoms with E-state index in [9.17, 15) is 13.2 Å². The third kappa shape index (κ3) is 5.60. The fourth-order valence-corrected chi connectivity index (χ4v) is 5.76. The Morgan fingerprint density at radius 2 is 1.91 bits per heavy atom. The zero-order valence-electron chi connectivity index (χ0n) is 19.0. The lowest BCUT2D eigenvalue weighted by Crippen LogP contribution is -2.30. The van der Waals surface area contributed by atoms with Crippen molar-refractivity contribution in [2.75, 3.05) is 17.8 Å². The first kappa shape index (κ1) is 23.8. The number of amides is 1. The molecule has 0 saturated heterocycles. The predicted molar refractivity (Wildman–Crippen MR) is 134 cm³/mol. The van der Waals surface area contributed by atoms with Gasteiger partial charge in [-0.1, -0.05) is 35.1 Å². The molecular formula is C25H25N3O4S2. The largest absolute Gasteiger partial charge is 0.497 e. The minimum absolute atomic E-state index is 0.0879. The van der Waals surface area contributed by atoms with Crippen LogP contribution in [0.1, 0.15) is 24.0 Å². The summed E-state index contributed by atoms with van der Waals surface area (Å²) in [6, 6.07) is 16.1. The second-order valence-electron chi connectivity index (χ2n) is 7.91. The molecule has 0 aliphatic rings. The molecule has 0 saturated carbocycles. The van der Waals surface area contributed by atoms with Gasteiger partial charge in [0.05, 0.1) is 34.5 Å². The molecule has 34 heavy (non-hydrogen) atoms. The van der Waals surface area contributed by atoms with Crippen LogP contribution in [0.4, 0.5) is 5.13 Å². The molecule has 0 fully saturated rings. The van der Waals surface area contributed by atoms with Gasteiger partial charge < -0.3 is 4.74 Å². The highest BCUT2D eigenvalue weighted by atomic mass is 32.2. The second-order valence-corrected chi connectivity index (χ2v) is 11.0. The molecule has 176 valence electrons. The van der Waals surface area contributed by atoms with Crippen molar-refractivity contribution in [2.45, 2.75) is 31.2 Å². The molecule has 9 heteroatoms. The minimum Gasteiger partial charge on any atom is -0.497 e. The average molecular weight is 496 g/mol. The number of benzene rings is 2. The first-order chi connectivity index (χ1) is 16.4. The maximum Gasteiger partial charge on any atom is 0.229 e. The van der Waals surface area contributed by atoms with Crippen molar-refractivity contribution in [1.29, 1.82) is 0 Å². The van der Waals surface area contributed by atoms with E-state index in [1.54, 1.807) is 48.7 Å². The van der Waals surface area contributed by atoms with Gasteiger partial charge in [0.25, 0.3) is 0 Å². The van der Waals surface area contributed by atoms with E-state index >= 15 is 0 Å². The van der Waals surface area contributed by atoms with Gasteiger partial charge in [-0.3, -0.25) is 14.7 Å². The Morgan fingerprint density at radius 3 is 2.62 bits per heavy atom. The molecule has 0 unspecified atom stereocenters. The molecular weight excluding hydrogens is 470 g/mol. The lowest BCUT2D eigenvalue weighted by Gasteiger charge is -2.20. The molecule has 2 aromatic carbocycles. The Kier molecular flexibility index (Phi) is 7.23. The zero-order valence-corrected chi connectivity index (χ0v) is 20.6. The summed E-state index contributed by atoms with van der Waals surface area (Å²) >= 11 is 1.41. The Bertz CT molecular complexity index is 1380. The monoisotopic (exact) mass is 495 g/mol. The number of nitrogens with zero attached hydrogens (tertiary/aromatic N) is 3. The molecule has 0 spiro atoms. The van der Waals surface area contributed by atoms with Gasteiger partial charge in [-0.05, 0) is 49.2 Å². The molecule has 0 N–H and O–H groups in total. The smallest absolute Gasteiger partial charge is 0.229 e. The summed E-state index contributed by atoms with van der Waals surface area (Å²) in [5.41, 5.74) is 2.60. The summed E-state index contributed by atoms with van der Waals surface area (Å²) < 4.78 is 31.6. The molecule has 4 aromatic rings. The van der Waals surface area contributed by atoms with E-state index < -0.39 is 9.84 Å². The molecule has 0 bridgehead atoms. The first-order valence-corrected chi connectivity index (χ1v) is 13.3. The van der Waals surface area contributed by atoms with E-state index in [0.717, 1.165) is 21.3 Å². The van der Waals surface area contributed by atoms with Gasteiger partial charge in [-0.15, -0.1) is 0 Å². The highest BCUT2D eigenvalue weighted by Gasteiger charge is 2.22. The number of hydrogen-bond acceptors (Lipinski definition) is 7. The van der Waals surface area contributed by atoms with Gasteiger partial charge in [0.1, 0.15) is 5.75 Å². The predicted octanol–water partition coefficient (Wildman–Crippen LogP) is 4.80. The van der Waals surface area contributed by atoms with Crippen LogP contribution in [0.3, 0.4) is 0 Å². The van der Waals surface area contributed by atoms with Crippen molar-refractivity contribution in [3.8, 4) is 5.75 Å². The van der Waals surface area contributed by atoms with E-state index in [2.05, 4.69) is 9.97 Å². The number of sulfone groups is 1. The Balaban J connectivity index is 1.53. The number of ether oxygens (including phenoxy) is 1. The third-order valence-corrected chi connectivity index (χ3v) is 8.24. The SMILES string of the molecule is COc1ccc2sc(N(Cc3cccnc3)C(=O)CCCS(=O)(=O)c3ccc(C)cc3)nc2c1. The number of anilines is 1. The van der Waals surface area contributed by atoms with Gasteiger partial charge in [-0.25, -0.2) is 13.4 Å². The van der Waals surface area contributed by atoms with Crippen LogP contribution in [0, 0.1) is 6.92 Å². The number of thiazole rings is 1. The Hall–Kier alpha value is -3.30. The topological polar surface area (TPSA) is 89.5 Å². The standard InChI is InChI=1S/C25H25N3O4S2/c1-18-7-10-21(11-8-18)34(30,31)14-4-6-24(29)28(17-19-5-3-13-26-16-19)25-27-22-15-20(32-2)9-12-23(22)33-25/h3,5,7-13,15-16H,4,6,14,17H2,1-2H3. The number of fused-ring (bicyclic) bond motifs is 1. The van der Waals surface area contributed by atoms with Gasteiger partial charge >= 0.3 is 0 Å². The Morgan fingerprint density at radius 1 is 1.12 bits per heavy atom. The molecule has 0 atom stereocenters. The zero-order chi connectivity index (χ0) is 24.1. The lowest BCUT2D eigenvalue weighted by molar-refractivity contribution is -0.118. The third-order valence-electron chi connectivity index (χ3n) is 5.36. The van der Waals surface area contributed by atoms with E-state index in [0.29, 0.717) is 17.4 Å². The lowest BCUT2D eigenvalue weighted by atomic mass is 10.2. The molecule has 1 amide bonds. The number of carbonyl (C=O) groups is 1. The van der Waals surface area contributed by atoms with Crippen LogP contribution in [-0.4, -0.2) is 37.2 Å². The van der Waals surface area contributed by atoms with Crippen molar-refractivity contribution in [3.63, 3.8) is 0 Å².